The maximum atomic E-state index is 6.05. The fourth-order valence-corrected chi connectivity index (χ4v) is 2.90. The van der Waals surface area contributed by atoms with Gasteiger partial charge in [-0.15, -0.1) is 15.3 Å². The van der Waals surface area contributed by atoms with Gasteiger partial charge in [-0.25, -0.2) is 4.98 Å². The van der Waals surface area contributed by atoms with Crippen molar-refractivity contribution in [1.82, 2.24) is 39.1 Å². The maximum absolute atomic E-state index is 6.05. The molecule has 9 heteroatoms. The molecule has 0 saturated heterocycles. The van der Waals surface area contributed by atoms with E-state index in [0.717, 1.165) is 17.1 Å². The van der Waals surface area contributed by atoms with Crippen LogP contribution in [0.4, 0.5) is 0 Å². The number of nitrogens with zero attached hydrogens (tertiary/aromatic N) is 8. The molecule has 0 bridgehead atoms. The molecule has 0 N–H and O–H groups in total. The minimum Gasteiger partial charge on any atom is -0.468 e. The minimum atomic E-state index is -0.166. The van der Waals surface area contributed by atoms with Crippen molar-refractivity contribution in [2.75, 3.05) is 0 Å². The first kappa shape index (κ1) is 17.2. The van der Waals surface area contributed by atoms with Crippen molar-refractivity contribution in [3.8, 4) is 17.4 Å². The zero-order valence-corrected chi connectivity index (χ0v) is 16.1. The molecule has 0 fully saturated rings. The molecule has 0 amide bonds. The number of aromatic nitrogens is 8. The topological polar surface area (TPSA) is 88.0 Å². The number of ether oxygens (including phenoxy) is 1. The van der Waals surface area contributed by atoms with E-state index in [9.17, 15) is 0 Å². The first-order valence-electron chi connectivity index (χ1n) is 8.69. The minimum absolute atomic E-state index is 0.166. The lowest BCUT2D eigenvalue weighted by molar-refractivity contribution is 0.266. The second-order valence-corrected chi connectivity index (χ2v) is 7.50. The lowest BCUT2D eigenvalue weighted by Crippen LogP contribution is -2.17. The summed E-state index contributed by atoms with van der Waals surface area (Å²) in [6.45, 7) is 6.62. The molecule has 0 saturated carbocycles. The molecular formula is C18H22N8O. The Bertz CT molecular complexity index is 1100. The van der Waals surface area contributed by atoms with Crippen LogP contribution in [0.2, 0.25) is 0 Å². The van der Waals surface area contributed by atoms with Crippen LogP contribution in [0.3, 0.4) is 0 Å². The van der Waals surface area contributed by atoms with Gasteiger partial charge in [0.05, 0.1) is 5.69 Å². The molecule has 9 nitrogen and oxygen atoms in total. The maximum Gasteiger partial charge on any atom is 0.236 e. The van der Waals surface area contributed by atoms with Crippen molar-refractivity contribution in [1.29, 1.82) is 0 Å². The van der Waals surface area contributed by atoms with E-state index in [1.165, 1.54) is 6.33 Å². The van der Waals surface area contributed by atoms with E-state index >= 15 is 0 Å². The van der Waals surface area contributed by atoms with Gasteiger partial charge in [-0.1, -0.05) is 20.8 Å². The Morgan fingerprint density at radius 2 is 1.96 bits per heavy atom. The normalized spacial score (nSPS) is 12.0. The van der Waals surface area contributed by atoms with E-state index in [1.54, 1.807) is 9.20 Å². The van der Waals surface area contributed by atoms with E-state index in [2.05, 4.69) is 41.1 Å². The lowest BCUT2D eigenvalue weighted by Gasteiger charge is -2.21. The summed E-state index contributed by atoms with van der Waals surface area (Å²) in [7, 11) is 3.80. The highest BCUT2D eigenvalue weighted by Crippen LogP contribution is 2.32. The number of fused-ring (bicyclic) bond motifs is 1. The van der Waals surface area contributed by atoms with Crippen LogP contribution in [0.25, 0.3) is 17.2 Å². The highest BCUT2D eigenvalue weighted by atomic mass is 16.5. The van der Waals surface area contributed by atoms with Crippen LogP contribution in [0.1, 0.15) is 32.2 Å². The Morgan fingerprint density at radius 3 is 2.59 bits per heavy atom. The molecule has 4 aromatic heterocycles. The van der Waals surface area contributed by atoms with Gasteiger partial charge in [-0.2, -0.15) is 9.61 Å². The summed E-state index contributed by atoms with van der Waals surface area (Å²) in [4.78, 5) is 4.21. The van der Waals surface area contributed by atoms with Gasteiger partial charge in [0.2, 0.25) is 11.7 Å². The van der Waals surface area contributed by atoms with Gasteiger partial charge in [-0.3, -0.25) is 4.68 Å². The summed E-state index contributed by atoms with van der Waals surface area (Å²) in [5.41, 5.74) is 2.41. The molecule has 0 spiro atoms. The third kappa shape index (κ3) is 3.05. The number of rotatable bonds is 4. The van der Waals surface area contributed by atoms with Gasteiger partial charge in [0, 0.05) is 25.9 Å². The highest BCUT2D eigenvalue weighted by molar-refractivity contribution is 5.57. The Balaban J connectivity index is 1.81. The summed E-state index contributed by atoms with van der Waals surface area (Å²) in [5, 5.41) is 17.4. The summed E-state index contributed by atoms with van der Waals surface area (Å²) in [6.07, 6.45) is 3.47. The Morgan fingerprint density at radius 1 is 1.15 bits per heavy atom. The van der Waals surface area contributed by atoms with Gasteiger partial charge in [0.15, 0.2) is 11.5 Å². The lowest BCUT2D eigenvalue weighted by atomic mass is 9.88. The first-order chi connectivity index (χ1) is 12.8. The van der Waals surface area contributed by atoms with Crippen LogP contribution in [-0.4, -0.2) is 39.1 Å². The summed E-state index contributed by atoms with van der Waals surface area (Å²) < 4.78 is 11.4. The fraction of sp³-hybridized carbons (Fsp3) is 0.389. The molecular weight excluding hydrogens is 344 g/mol. The van der Waals surface area contributed by atoms with Gasteiger partial charge in [0.25, 0.3) is 0 Å². The zero-order valence-electron chi connectivity index (χ0n) is 16.1. The molecule has 27 heavy (non-hydrogen) atoms. The summed E-state index contributed by atoms with van der Waals surface area (Å²) in [5.74, 6) is 1.93. The average molecular weight is 366 g/mol. The number of aryl methyl sites for hydroxylation is 2. The van der Waals surface area contributed by atoms with Crippen LogP contribution in [0.5, 0.6) is 5.88 Å². The van der Waals surface area contributed by atoms with Crippen molar-refractivity contribution in [3.05, 3.63) is 42.1 Å². The molecule has 0 radical (unpaired) electrons. The largest absolute Gasteiger partial charge is 0.468 e. The van der Waals surface area contributed by atoms with E-state index in [1.807, 2.05) is 43.1 Å². The molecule has 0 atom stereocenters. The predicted molar refractivity (Wildman–Crippen MR) is 99.2 cm³/mol. The average Bonchev–Trinajstić information content (AvgIpc) is 3.31. The molecule has 0 aliphatic heterocycles. The van der Waals surface area contributed by atoms with Gasteiger partial charge in [-0.05, 0) is 23.6 Å². The molecule has 0 aromatic carbocycles. The van der Waals surface area contributed by atoms with Gasteiger partial charge >= 0.3 is 0 Å². The smallest absolute Gasteiger partial charge is 0.236 e. The van der Waals surface area contributed by atoms with Crippen LogP contribution in [0.15, 0.2) is 30.7 Å². The van der Waals surface area contributed by atoms with E-state index in [-0.39, 0.29) is 12.0 Å². The van der Waals surface area contributed by atoms with Crippen molar-refractivity contribution in [2.24, 2.45) is 14.1 Å². The van der Waals surface area contributed by atoms with Gasteiger partial charge < -0.3 is 9.30 Å². The van der Waals surface area contributed by atoms with E-state index < -0.39 is 0 Å². The first-order valence-corrected chi connectivity index (χ1v) is 8.69. The third-order valence-corrected chi connectivity index (χ3v) is 4.48. The molecule has 0 aliphatic rings. The summed E-state index contributed by atoms with van der Waals surface area (Å²) in [6, 6.07) is 5.93. The molecule has 0 aliphatic carbocycles. The SMILES string of the molecule is Cn1cccc1-c1nnc2cc(C(C)(C)C)c(OCc3ncnn3C)nn12. The van der Waals surface area contributed by atoms with Crippen molar-refractivity contribution < 1.29 is 4.74 Å². The number of hydrogen-bond donors (Lipinski definition) is 0. The monoisotopic (exact) mass is 366 g/mol. The second-order valence-electron chi connectivity index (χ2n) is 7.50. The van der Waals surface area contributed by atoms with Crippen molar-refractivity contribution in [3.63, 3.8) is 0 Å². The van der Waals surface area contributed by atoms with E-state index in [4.69, 9.17) is 9.84 Å². The predicted octanol–water partition coefficient (Wildman–Crippen LogP) is 2.13. The zero-order chi connectivity index (χ0) is 19.2. The standard InChI is InChI=1S/C18H22N8O/c1-18(2,3)12-9-14-21-22-16(13-7-6-8-24(13)4)26(14)23-17(12)27-10-15-19-11-20-25(15)5/h6-9,11H,10H2,1-5H3. The summed E-state index contributed by atoms with van der Waals surface area (Å²) >= 11 is 0. The Hall–Kier alpha value is -3.23. The quantitative estimate of drug-likeness (QED) is 0.550. The van der Waals surface area contributed by atoms with Crippen LogP contribution < -0.4 is 4.74 Å². The molecule has 4 heterocycles. The van der Waals surface area contributed by atoms with Crippen molar-refractivity contribution in [2.45, 2.75) is 32.8 Å². The van der Waals surface area contributed by atoms with Crippen LogP contribution in [0, 0.1) is 0 Å². The molecule has 4 aromatic rings. The third-order valence-electron chi connectivity index (χ3n) is 4.48. The highest BCUT2D eigenvalue weighted by Gasteiger charge is 2.24. The Kier molecular flexibility index (Phi) is 3.94. The Labute approximate surface area is 156 Å². The molecule has 140 valence electrons. The van der Waals surface area contributed by atoms with Gasteiger partial charge in [0.1, 0.15) is 12.9 Å². The number of hydrogen-bond acceptors (Lipinski definition) is 6. The van der Waals surface area contributed by atoms with E-state index in [0.29, 0.717) is 17.4 Å². The molecule has 4 rings (SSSR count). The second kappa shape index (κ2) is 6.19. The van der Waals surface area contributed by atoms with Crippen LogP contribution >= 0.6 is 0 Å². The fourth-order valence-electron chi connectivity index (χ4n) is 2.90. The van der Waals surface area contributed by atoms with Crippen LogP contribution in [-0.2, 0) is 26.1 Å². The van der Waals surface area contributed by atoms with Crippen molar-refractivity contribution >= 4 is 5.65 Å². The molecule has 0 unspecified atom stereocenters.